The maximum absolute atomic E-state index is 13.6. The Hall–Kier alpha value is -2.94. The highest BCUT2D eigenvalue weighted by atomic mass is 19.4. The van der Waals surface area contributed by atoms with E-state index in [0.29, 0.717) is 10.1 Å². The van der Waals surface area contributed by atoms with Gasteiger partial charge in [0.1, 0.15) is 5.56 Å². The zero-order chi connectivity index (χ0) is 20.5. The third-order valence-electron chi connectivity index (χ3n) is 4.28. The van der Waals surface area contributed by atoms with Crippen LogP contribution in [0.5, 0.6) is 0 Å². The van der Waals surface area contributed by atoms with Crippen LogP contribution in [-0.4, -0.2) is 38.8 Å². The van der Waals surface area contributed by atoms with Crippen molar-refractivity contribution >= 4 is 11.6 Å². The number of aliphatic hydroxyl groups excluding tert-OH is 1. The van der Waals surface area contributed by atoms with E-state index in [1.54, 1.807) is 12.1 Å². The molecule has 0 aliphatic rings. The van der Waals surface area contributed by atoms with Gasteiger partial charge in [0.05, 0.1) is 18.5 Å². The summed E-state index contributed by atoms with van der Waals surface area (Å²) in [5.74, 6) is -0.371. The SMILES string of the molecule is CC(C)c1ccc(-c2cc(C(F)(F)F)n3ncc(C(=O)NCCO)c3n2)cc1. The maximum atomic E-state index is 13.6. The predicted octanol–water partition coefficient (Wildman–Crippen LogP) is 3.26. The second-order valence-electron chi connectivity index (χ2n) is 6.57. The molecular weight excluding hydrogens is 373 g/mol. The number of alkyl halides is 3. The zero-order valence-corrected chi connectivity index (χ0v) is 15.3. The van der Waals surface area contributed by atoms with Crippen molar-refractivity contribution in [1.29, 1.82) is 0 Å². The predicted molar refractivity (Wildman–Crippen MR) is 96.9 cm³/mol. The van der Waals surface area contributed by atoms with Crippen molar-refractivity contribution in [2.45, 2.75) is 25.9 Å². The lowest BCUT2D eigenvalue weighted by atomic mass is 10.0. The normalized spacial score (nSPS) is 12.0. The Balaban J connectivity index is 2.16. The summed E-state index contributed by atoms with van der Waals surface area (Å²) in [6, 6.07) is 8.00. The van der Waals surface area contributed by atoms with Crippen LogP contribution in [0.2, 0.25) is 0 Å². The number of amides is 1. The van der Waals surface area contributed by atoms with Crippen LogP contribution in [0.15, 0.2) is 36.5 Å². The highest BCUT2D eigenvalue weighted by molar-refractivity contribution is 5.99. The largest absolute Gasteiger partial charge is 0.433 e. The van der Waals surface area contributed by atoms with Crippen molar-refractivity contribution in [3.8, 4) is 11.3 Å². The Morgan fingerprint density at radius 2 is 1.93 bits per heavy atom. The lowest BCUT2D eigenvalue weighted by Crippen LogP contribution is -2.26. The number of hydrogen-bond donors (Lipinski definition) is 2. The molecule has 28 heavy (non-hydrogen) atoms. The van der Waals surface area contributed by atoms with Crippen molar-refractivity contribution in [1.82, 2.24) is 19.9 Å². The Bertz CT molecular complexity index is 995. The molecule has 1 amide bonds. The Labute approximate surface area is 159 Å². The van der Waals surface area contributed by atoms with E-state index in [0.717, 1.165) is 17.8 Å². The first-order valence-corrected chi connectivity index (χ1v) is 8.67. The Morgan fingerprint density at radius 3 is 2.50 bits per heavy atom. The summed E-state index contributed by atoms with van der Waals surface area (Å²) in [5, 5.41) is 14.9. The molecule has 0 spiro atoms. The molecule has 6 nitrogen and oxygen atoms in total. The van der Waals surface area contributed by atoms with E-state index in [1.807, 2.05) is 26.0 Å². The van der Waals surface area contributed by atoms with E-state index >= 15 is 0 Å². The van der Waals surface area contributed by atoms with Gasteiger partial charge in [0, 0.05) is 12.1 Å². The van der Waals surface area contributed by atoms with Crippen LogP contribution in [0, 0.1) is 0 Å². The molecule has 0 aliphatic carbocycles. The van der Waals surface area contributed by atoms with Crippen LogP contribution in [0.4, 0.5) is 13.2 Å². The number of nitrogens with one attached hydrogen (secondary N) is 1. The average molecular weight is 392 g/mol. The van der Waals surface area contributed by atoms with E-state index in [9.17, 15) is 18.0 Å². The van der Waals surface area contributed by atoms with Gasteiger partial charge in [-0.25, -0.2) is 9.50 Å². The number of carbonyl (C=O) groups is 1. The van der Waals surface area contributed by atoms with Gasteiger partial charge in [0.15, 0.2) is 11.3 Å². The van der Waals surface area contributed by atoms with Gasteiger partial charge in [-0.2, -0.15) is 18.3 Å². The fourth-order valence-corrected chi connectivity index (χ4v) is 2.78. The minimum absolute atomic E-state index is 0.0291. The monoisotopic (exact) mass is 392 g/mol. The molecular formula is C19H19F3N4O2. The summed E-state index contributed by atoms with van der Waals surface area (Å²) in [6.45, 7) is 3.72. The topological polar surface area (TPSA) is 79.5 Å². The second kappa shape index (κ2) is 7.59. The minimum atomic E-state index is -4.68. The molecule has 0 atom stereocenters. The molecule has 0 saturated carbocycles. The molecule has 2 aromatic heterocycles. The van der Waals surface area contributed by atoms with Gasteiger partial charge in [-0.05, 0) is 17.5 Å². The van der Waals surface area contributed by atoms with Crippen LogP contribution < -0.4 is 5.32 Å². The fourth-order valence-electron chi connectivity index (χ4n) is 2.78. The molecule has 0 aliphatic heterocycles. The lowest BCUT2D eigenvalue weighted by Gasteiger charge is -2.12. The molecule has 148 valence electrons. The number of hydrogen-bond acceptors (Lipinski definition) is 4. The highest BCUT2D eigenvalue weighted by Gasteiger charge is 2.36. The number of aliphatic hydroxyl groups is 1. The molecule has 0 radical (unpaired) electrons. The number of halogens is 3. The van der Waals surface area contributed by atoms with E-state index in [1.165, 1.54) is 0 Å². The second-order valence-corrected chi connectivity index (χ2v) is 6.57. The van der Waals surface area contributed by atoms with Gasteiger partial charge in [-0.1, -0.05) is 38.1 Å². The Kier molecular flexibility index (Phi) is 5.37. The van der Waals surface area contributed by atoms with Gasteiger partial charge in [0.2, 0.25) is 0 Å². The number of fused-ring (bicyclic) bond motifs is 1. The smallest absolute Gasteiger partial charge is 0.395 e. The summed E-state index contributed by atoms with van der Waals surface area (Å²) in [5.41, 5.74) is 0.316. The number of nitrogens with zero attached hydrogens (tertiary/aromatic N) is 3. The Morgan fingerprint density at radius 1 is 1.25 bits per heavy atom. The summed E-state index contributed by atoms with van der Waals surface area (Å²) in [4.78, 5) is 16.5. The first-order valence-electron chi connectivity index (χ1n) is 8.67. The third-order valence-corrected chi connectivity index (χ3v) is 4.28. The molecule has 9 heteroatoms. The van der Waals surface area contributed by atoms with Crippen molar-refractivity contribution in [3.05, 3.63) is 53.3 Å². The van der Waals surface area contributed by atoms with Crippen LogP contribution in [-0.2, 0) is 6.18 Å². The molecule has 2 heterocycles. The number of aromatic nitrogens is 3. The molecule has 0 unspecified atom stereocenters. The van der Waals surface area contributed by atoms with Crippen LogP contribution in [0.3, 0.4) is 0 Å². The van der Waals surface area contributed by atoms with Gasteiger partial charge in [0.25, 0.3) is 5.91 Å². The fraction of sp³-hybridized carbons (Fsp3) is 0.316. The van der Waals surface area contributed by atoms with Crippen LogP contribution in [0.25, 0.3) is 16.9 Å². The number of carbonyl (C=O) groups excluding carboxylic acids is 1. The van der Waals surface area contributed by atoms with Crippen LogP contribution in [0.1, 0.15) is 41.4 Å². The van der Waals surface area contributed by atoms with E-state index in [2.05, 4.69) is 15.4 Å². The zero-order valence-electron chi connectivity index (χ0n) is 15.3. The standard InChI is InChI=1S/C19H19F3N4O2/c1-11(2)12-3-5-13(6-4-12)15-9-16(19(20,21)22)26-17(25-15)14(10-24-26)18(28)23-7-8-27/h3-6,9-11,27H,7-8H2,1-2H3,(H,23,28). The molecule has 1 aromatic carbocycles. The van der Waals surface area contributed by atoms with E-state index in [-0.39, 0.29) is 36.0 Å². The first-order chi connectivity index (χ1) is 13.2. The average Bonchev–Trinajstić information content (AvgIpc) is 3.08. The van der Waals surface area contributed by atoms with Gasteiger partial charge < -0.3 is 10.4 Å². The highest BCUT2D eigenvalue weighted by Crippen LogP contribution is 2.33. The summed E-state index contributed by atoms with van der Waals surface area (Å²) < 4.78 is 41.3. The van der Waals surface area contributed by atoms with Crippen molar-refractivity contribution in [2.75, 3.05) is 13.2 Å². The minimum Gasteiger partial charge on any atom is -0.395 e. The van der Waals surface area contributed by atoms with Gasteiger partial charge in [-0.3, -0.25) is 4.79 Å². The van der Waals surface area contributed by atoms with E-state index < -0.39 is 17.8 Å². The summed E-state index contributed by atoms with van der Waals surface area (Å²) in [6.07, 6.45) is -3.64. The van der Waals surface area contributed by atoms with Crippen molar-refractivity contribution < 1.29 is 23.1 Å². The van der Waals surface area contributed by atoms with Crippen molar-refractivity contribution in [3.63, 3.8) is 0 Å². The van der Waals surface area contributed by atoms with E-state index in [4.69, 9.17) is 5.11 Å². The maximum Gasteiger partial charge on any atom is 0.433 e. The lowest BCUT2D eigenvalue weighted by molar-refractivity contribution is -0.142. The van der Waals surface area contributed by atoms with Gasteiger partial charge in [-0.15, -0.1) is 0 Å². The van der Waals surface area contributed by atoms with Gasteiger partial charge >= 0.3 is 6.18 Å². The first kappa shape index (κ1) is 19.8. The molecule has 3 aromatic rings. The molecule has 2 N–H and O–H groups in total. The summed E-state index contributed by atoms with van der Waals surface area (Å²) >= 11 is 0. The number of benzene rings is 1. The quantitative estimate of drug-likeness (QED) is 0.699. The molecule has 0 saturated heterocycles. The molecule has 0 fully saturated rings. The number of rotatable bonds is 5. The third kappa shape index (κ3) is 3.84. The summed E-state index contributed by atoms with van der Waals surface area (Å²) in [7, 11) is 0. The molecule has 0 bridgehead atoms. The van der Waals surface area contributed by atoms with Crippen molar-refractivity contribution in [2.24, 2.45) is 0 Å². The molecule has 3 rings (SSSR count). The van der Waals surface area contributed by atoms with Crippen LogP contribution >= 0.6 is 0 Å².